The zero-order valence-corrected chi connectivity index (χ0v) is 39.9. The molecule has 12 aromatic rings. The molecule has 2 heterocycles. The van der Waals surface area contributed by atoms with Crippen molar-refractivity contribution in [1.82, 2.24) is 9.13 Å². The molecule has 0 N–H and O–H groups in total. The first-order chi connectivity index (χ1) is 37.0. The SMILES string of the molecule is N#Cc1ccc(-c2ccc3c4ccc(-c5ccc(C#N)cc5)cc4n(-c4cc(-c5cccc(C(F)(F)F)c5)c(-n5c6cc(-c7ccc(C#N)cc7)ccc6c6ccc(-c7ccc(C#N)cc7)cc65)cc4C#N)c3c2)cc1. The summed E-state index contributed by atoms with van der Waals surface area (Å²) >= 11 is 0. The number of benzene rings is 10. The number of aromatic nitrogens is 2. The highest BCUT2D eigenvalue weighted by Gasteiger charge is 2.31. The van der Waals surface area contributed by atoms with E-state index in [1.54, 1.807) is 60.7 Å². The molecule has 76 heavy (non-hydrogen) atoms. The van der Waals surface area contributed by atoms with Gasteiger partial charge in [0, 0.05) is 27.1 Å². The summed E-state index contributed by atoms with van der Waals surface area (Å²) in [5, 5.41) is 53.3. The maximum atomic E-state index is 14.9. The van der Waals surface area contributed by atoms with Gasteiger partial charge in [0.2, 0.25) is 0 Å². The standard InChI is InChI=1S/C66H34F3N7/c67-66(68,69)54-3-1-2-52(28-54)59-34-60(75-61-29-48(44-12-4-40(35-70)5-13-44)20-24-55(61)56-25-21-49(30-62(56)75)45-14-6-41(36-71)7-15-45)53(39-74)33-65(59)76-63-31-50(46-16-8-42(37-72)9-17-46)22-26-57(63)58-27-23-51(32-64(58)76)47-18-10-43(38-73)11-19-47/h1-34H. The lowest BCUT2D eigenvalue weighted by molar-refractivity contribution is -0.137. The zero-order chi connectivity index (χ0) is 52.2. The molecule has 0 fully saturated rings. The van der Waals surface area contributed by atoms with E-state index in [0.29, 0.717) is 39.2 Å². The molecule has 0 aliphatic rings. The summed E-state index contributed by atoms with van der Waals surface area (Å²) in [5.74, 6) is 0. The van der Waals surface area contributed by atoms with Crippen molar-refractivity contribution in [2.45, 2.75) is 6.18 Å². The maximum Gasteiger partial charge on any atom is 0.416 e. The van der Waals surface area contributed by atoms with Gasteiger partial charge in [-0.25, -0.2) is 0 Å². The molecule has 0 aliphatic heterocycles. The smallest absolute Gasteiger partial charge is 0.309 e. The number of hydrogen-bond donors (Lipinski definition) is 0. The molecular weight excluding hydrogens is 948 g/mol. The van der Waals surface area contributed by atoms with Crippen LogP contribution in [-0.4, -0.2) is 9.13 Å². The minimum absolute atomic E-state index is 0.235. The van der Waals surface area contributed by atoms with Crippen molar-refractivity contribution in [1.29, 1.82) is 26.3 Å². The van der Waals surface area contributed by atoms with Crippen LogP contribution in [0.1, 0.15) is 33.4 Å². The predicted octanol–water partition coefficient (Wildman–Crippen LogP) is 16.6. The highest BCUT2D eigenvalue weighted by Crippen LogP contribution is 2.45. The molecule has 0 radical (unpaired) electrons. The fourth-order valence-electron chi connectivity index (χ4n) is 10.4. The molecule has 0 saturated heterocycles. The van der Waals surface area contributed by atoms with E-state index in [9.17, 15) is 39.5 Å². The summed E-state index contributed by atoms with van der Waals surface area (Å²) < 4.78 is 48.6. The Balaban J connectivity index is 1.19. The van der Waals surface area contributed by atoms with Gasteiger partial charge in [-0.1, -0.05) is 109 Å². The molecule has 2 aromatic heterocycles. The lowest BCUT2D eigenvalue weighted by Gasteiger charge is -2.20. The number of halogens is 3. The van der Waals surface area contributed by atoms with E-state index < -0.39 is 11.7 Å². The van der Waals surface area contributed by atoms with Gasteiger partial charge in [-0.15, -0.1) is 0 Å². The minimum atomic E-state index is -4.68. The first kappa shape index (κ1) is 46.1. The average Bonchev–Trinajstić information content (AvgIpc) is 4.00. The molecule has 0 aliphatic carbocycles. The number of rotatable bonds is 7. The highest BCUT2D eigenvalue weighted by molar-refractivity contribution is 6.13. The Hall–Kier alpha value is -11.0. The summed E-state index contributed by atoms with van der Waals surface area (Å²) in [6, 6.07) is 73.2. The molecule has 12 rings (SSSR count). The quantitative estimate of drug-likeness (QED) is 0.157. The van der Waals surface area contributed by atoms with Gasteiger partial charge in [-0.05, 0) is 147 Å². The highest BCUT2D eigenvalue weighted by atomic mass is 19.4. The molecule has 0 bridgehead atoms. The molecule has 0 amide bonds. The number of nitrogens with zero attached hydrogens (tertiary/aromatic N) is 7. The van der Waals surface area contributed by atoms with Crippen LogP contribution < -0.4 is 0 Å². The summed E-state index contributed by atoms with van der Waals surface area (Å²) in [6.07, 6.45) is -4.68. The van der Waals surface area contributed by atoms with Crippen molar-refractivity contribution >= 4 is 43.6 Å². The third-order valence-corrected chi connectivity index (χ3v) is 14.1. The van der Waals surface area contributed by atoms with E-state index >= 15 is 0 Å². The normalized spacial score (nSPS) is 11.3. The van der Waals surface area contributed by atoms with Crippen LogP contribution in [0.25, 0.3) is 111 Å². The van der Waals surface area contributed by atoms with Crippen LogP contribution in [-0.2, 0) is 6.18 Å². The van der Waals surface area contributed by atoms with Crippen LogP contribution >= 0.6 is 0 Å². The second-order valence-electron chi connectivity index (χ2n) is 18.4. The second-order valence-corrected chi connectivity index (χ2v) is 18.4. The maximum absolute atomic E-state index is 14.9. The van der Waals surface area contributed by atoms with Crippen LogP contribution in [0.4, 0.5) is 13.2 Å². The fraction of sp³-hybridized carbons (Fsp3) is 0.0152. The number of nitriles is 5. The molecule has 10 heteroatoms. The van der Waals surface area contributed by atoms with E-state index in [4.69, 9.17) is 0 Å². The Kier molecular flexibility index (Phi) is 11.1. The summed E-state index contributed by atoms with van der Waals surface area (Å²) in [7, 11) is 0. The van der Waals surface area contributed by atoms with Crippen molar-refractivity contribution in [3.05, 3.63) is 240 Å². The van der Waals surface area contributed by atoms with Gasteiger partial charge in [-0.2, -0.15) is 39.5 Å². The first-order valence-corrected chi connectivity index (χ1v) is 24.0. The van der Waals surface area contributed by atoms with Gasteiger partial charge in [-0.3, -0.25) is 0 Å². The molecule has 354 valence electrons. The summed E-state index contributed by atoms with van der Waals surface area (Å²) in [5.41, 5.74) is 12.6. The molecule has 0 spiro atoms. The monoisotopic (exact) mass is 981 g/mol. The van der Waals surface area contributed by atoms with Gasteiger partial charge < -0.3 is 9.13 Å². The molecule has 0 atom stereocenters. The topological polar surface area (TPSA) is 129 Å². The Morgan fingerprint density at radius 2 is 0.632 bits per heavy atom. The van der Waals surface area contributed by atoms with E-state index in [0.717, 1.165) is 100 Å². The summed E-state index contributed by atoms with van der Waals surface area (Å²) in [4.78, 5) is 0. The van der Waals surface area contributed by atoms with Gasteiger partial charge in [0.05, 0.1) is 91.1 Å². The molecule has 0 saturated carbocycles. The van der Waals surface area contributed by atoms with Crippen LogP contribution in [0.15, 0.2) is 206 Å². The van der Waals surface area contributed by atoms with Gasteiger partial charge >= 0.3 is 6.18 Å². The Labute approximate surface area is 433 Å². The van der Waals surface area contributed by atoms with Crippen molar-refractivity contribution < 1.29 is 13.2 Å². The second kappa shape index (κ2) is 18.3. The minimum Gasteiger partial charge on any atom is -0.309 e. The van der Waals surface area contributed by atoms with Gasteiger partial charge in [0.25, 0.3) is 0 Å². The first-order valence-electron chi connectivity index (χ1n) is 24.0. The van der Waals surface area contributed by atoms with Gasteiger partial charge in [0.1, 0.15) is 6.07 Å². The molecule has 10 aromatic carbocycles. The van der Waals surface area contributed by atoms with E-state index in [1.807, 2.05) is 137 Å². The zero-order valence-electron chi connectivity index (χ0n) is 39.9. The number of alkyl halides is 3. The van der Waals surface area contributed by atoms with Crippen LogP contribution in [0.2, 0.25) is 0 Å². The third-order valence-electron chi connectivity index (χ3n) is 14.1. The van der Waals surface area contributed by atoms with Crippen molar-refractivity contribution in [2.24, 2.45) is 0 Å². The predicted molar refractivity (Wildman–Crippen MR) is 291 cm³/mol. The molecule has 0 unspecified atom stereocenters. The fourth-order valence-corrected chi connectivity index (χ4v) is 10.4. The Morgan fingerprint density at radius 3 is 0.947 bits per heavy atom. The van der Waals surface area contributed by atoms with E-state index in [1.165, 1.54) is 6.07 Å². The molecule has 7 nitrogen and oxygen atoms in total. The Morgan fingerprint density at radius 1 is 0.303 bits per heavy atom. The number of hydrogen-bond acceptors (Lipinski definition) is 5. The summed E-state index contributed by atoms with van der Waals surface area (Å²) in [6.45, 7) is 0. The third kappa shape index (κ3) is 7.92. The largest absolute Gasteiger partial charge is 0.416 e. The lowest BCUT2D eigenvalue weighted by Crippen LogP contribution is -2.06. The van der Waals surface area contributed by atoms with E-state index in [2.05, 4.69) is 30.3 Å². The lowest BCUT2D eigenvalue weighted by atomic mass is 9.97. The van der Waals surface area contributed by atoms with Crippen LogP contribution in [0.5, 0.6) is 0 Å². The van der Waals surface area contributed by atoms with Gasteiger partial charge in [0.15, 0.2) is 0 Å². The Bertz CT molecular complexity index is 4360. The van der Waals surface area contributed by atoms with Crippen molar-refractivity contribution in [3.63, 3.8) is 0 Å². The number of fused-ring (bicyclic) bond motifs is 6. The van der Waals surface area contributed by atoms with Crippen molar-refractivity contribution in [2.75, 3.05) is 0 Å². The van der Waals surface area contributed by atoms with Crippen molar-refractivity contribution in [3.8, 4) is 97.4 Å². The van der Waals surface area contributed by atoms with E-state index in [-0.39, 0.29) is 11.1 Å². The molecular formula is C66H34F3N7. The van der Waals surface area contributed by atoms with Crippen LogP contribution in [0, 0.1) is 56.7 Å². The average molecular weight is 982 g/mol. The van der Waals surface area contributed by atoms with Crippen LogP contribution in [0.3, 0.4) is 0 Å².